The van der Waals surface area contributed by atoms with Crippen molar-refractivity contribution in [3.8, 4) is 0 Å². The number of hydrogen-bond donors (Lipinski definition) is 2. The Balaban J connectivity index is 1.68. The van der Waals surface area contributed by atoms with Gasteiger partial charge in [-0.1, -0.05) is 5.16 Å². The minimum absolute atomic E-state index is 0.164. The van der Waals surface area contributed by atoms with E-state index in [4.69, 9.17) is 4.52 Å². The van der Waals surface area contributed by atoms with E-state index in [-0.39, 0.29) is 5.91 Å². The lowest BCUT2D eigenvalue weighted by Crippen LogP contribution is -2.50. The zero-order valence-corrected chi connectivity index (χ0v) is 15.1. The summed E-state index contributed by atoms with van der Waals surface area (Å²) in [5, 5.41) is 10.6. The van der Waals surface area contributed by atoms with Crippen LogP contribution in [0.5, 0.6) is 0 Å². The molecule has 1 aromatic heterocycles. The van der Waals surface area contributed by atoms with E-state index in [1.165, 1.54) is 0 Å². The maximum absolute atomic E-state index is 11.3. The Morgan fingerprint density at radius 1 is 1.25 bits per heavy atom. The fourth-order valence-electron chi connectivity index (χ4n) is 2.77. The molecule has 1 aliphatic rings. The lowest BCUT2D eigenvalue weighted by molar-refractivity contribution is -0.130. The number of amides is 1. The number of guanidine groups is 1. The smallest absolute Gasteiger partial charge is 0.219 e. The number of aromatic nitrogens is 1. The molecule has 134 valence electrons. The van der Waals surface area contributed by atoms with Crippen molar-refractivity contribution in [2.75, 3.05) is 46.3 Å². The molecule has 0 spiro atoms. The highest BCUT2D eigenvalue weighted by atomic mass is 16.5. The summed E-state index contributed by atoms with van der Waals surface area (Å²) in [7, 11) is 1.76. The maximum atomic E-state index is 11.3. The lowest BCUT2D eigenvalue weighted by Gasteiger charge is -2.34. The summed E-state index contributed by atoms with van der Waals surface area (Å²) in [4.78, 5) is 19.8. The van der Waals surface area contributed by atoms with Crippen LogP contribution in [-0.4, -0.2) is 73.1 Å². The first-order chi connectivity index (χ1) is 11.5. The van der Waals surface area contributed by atoms with Gasteiger partial charge in [0, 0.05) is 65.3 Å². The minimum Gasteiger partial charge on any atom is -0.361 e. The maximum Gasteiger partial charge on any atom is 0.219 e. The van der Waals surface area contributed by atoms with E-state index in [0.717, 1.165) is 62.2 Å². The van der Waals surface area contributed by atoms with Crippen molar-refractivity contribution in [1.29, 1.82) is 0 Å². The van der Waals surface area contributed by atoms with Crippen LogP contribution in [0, 0.1) is 13.8 Å². The third kappa shape index (κ3) is 4.95. The molecule has 1 amide bonds. The summed E-state index contributed by atoms with van der Waals surface area (Å²) in [5.41, 5.74) is 1.97. The number of aryl methyl sites for hydroxylation is 2. The molecule has 0 saturated carbocycles. The van der Waals surface area contributed by atoms with Crippen LogP contribution in [0.15, 0.2) is 9.52 Å². The Labute approximate surface area is 143 Å². The van der Waals surface area contributed by atoms with Gasteiger partial charge in [-0.3, -0.25) is 14.7 Å². The van der Waals surface area contributed by atoms with E-state index in [0.29, 0.717) is 6.54 Å². The largest absolute Gasteiger partial charge is 0.361 e. The van der Waals surface area contributed by atoms with Crippen LogP contribution in [-0.2, 0) is 11.3 Å². The quantitative estimate of drug-likeness (QED) is 0.587. The van der Waals surface area contributed by atoms with E-state index in [2.05, 4.69) is 25.7 Å². The fraction of sp³-hybridized carbons (Fsp3) is 0.688. The third-order valence-corrected chi connectivity index (χ3v) is 4.38. The second-order valence-corrected chi connectivity index (χ2v) is 6.00. The molecular formula is C16H28N6O2. The average Bonchev–Trinajstić information content (AvgIpc) is 2.89. The van der Waals surface area contributed by atoms with Crippen LogP contribution >= 0.6 is 0 Å². The van der Waals surface area contributed by atoms with Gasteiger partial charge in [0.25, 0.3) is 0 Å². The molecule has 2 heterocycles. The van der Waals surface area contributed by atoms with Crippen molar-refractivity contribution < 1.29 is 9.32 Å². The number of hydrogen-bond acceptors (Lipinski definition) is 5. The Kier molecular flexibility index (Phi) is 6.60. The van der Waals surface area contributed by atoms with Crippen molar-refractivity contribution >= 4 is 11.9 Å². The van der Waals surface area contributed by atoms with Gasteiger partial charge in [0.2, 0.25) is 5.91 Å². The van der Waals surface area contributed by atoms with Gasteiger partial charge < -0.3 is 20.1 Å². The summed E-state index contributed by atoms with van der Waals surface area (Å²) in [6.07, 6.45) is 0. The molecule has 8 nitrogen and oxygen atoms in total. The van der Waals surface area contributed by atoms with E-state index >= 15 is 0 Å². The van der Waals surface area contributed by atoms with E-state index in [9.17, 15) is 4.79 Å². The highest BCUT2D eigenvalue weighted by Crippen LogP contribution is 2.11. The second kappa shape index (κ2) is 8.68. The number of nitrogens with one attached hydrogen (secondary N) is 2. The van der Waals surface area contributed by atoms with Crippen LogP contribution < -0.4 is 10.6 Å². The van der Waals surface area contributed by atoms with Gasteiger partial charge in [0.05, 0.1) is 5.69 Å². The first-order valence-electron chi connectivity index (χ1n) is 8.35. The van der Waals surface area contributed by atoms with Crippen LogP contribution in [0.3, 0.4) is 0 Å². The Morgan fingerprint density at radius 2 is 1.96 bits per heavy atom. The molecule has 8 heteroatoms. The van der Waals surface area contributed by atoms with Crippen molar-refractivity contribution in [1.82, 2.24) is 25.6 Å². The van der Waals surface area contributed by atoms with Gasteiger partial charge in [0.1, 0.15) is 5.76 Å². The Bertz CT molecular complexity index is 556. The number of nitrogens with zero attached hydrogens (tertiary/aromatic N) is 4. The van der Waals surface area contributed by atoms with Crippen molar-refractivity contribution in [3.63, 3.8) is 0 Å². The molecule has 1 fully saturated rings. The summed E-state index contributed by atoms with van der Waals surface area (Å²) >= 11 is 0. The zero-order chi connectivity index (χ0) is 17.5. The number of piperazine rings is 1. The molecule has 2 N–H and O–H groups in total. The number of carbonyl (C=O) groups excluding carboxylic acids is 1. The summed E-state index contributed by atoms with van der Waals surface area (Å²) in [6, 6.07) is 0. The van der Waals surface area contributed by atoms with E-state index in [1.54, 1.807) is 14.0 Å². The highest BCUT2D eigenvalue weighted by molar-refractivity contribution is 5.79. The van der Waals surface area contributed by atoms with Gasteiger partial charge in [0.15, 0.2) is 5.96 Å². The molecule has 1 saturated heterocycles. The predicted octanol–water partition coefficient (Wildman–Crippen LogP) is 0.121. The van der Waals surface area contributed by atoms with Gasteiger partial charge in [-0.05, 0) is 13.8 Å². The number of rotatable bonds is 5. The molecule has 0 aromatic carbocycles. The van der Waals surface area contributed by atoms with Crippen molar-refractivity contribution in [2.45, 2.75) is 27.3 Å². The molecule has 1 aliphatic heterocycles. The molecular weight excluding hydrogens is 308 g/mol. The summed E-state index contributed by atoms with van der Waals surface area (Å²) in [5.74, 6) is 1.76. The number of aliphatic imine (C=N–C) groups is 1. The van der Waals surface area contributed by atoms with Gasteiger partial charge in [-0.15, -0.1) is 0 Å². The normalized spacial score (nSPS) is 16.3. The van der Waals surface area contributed by atoms with Crippen LogP contribution in [0.25, 0.3) is 0 Å². The average molecular weight is 336 g/mol. The molecule has 1 aromatic rings. The zero-order valence-electron chi connectivity index (χ0n) is 15.1. The standard InChI is InChI=1S/C16H28N6O2/c1-12-15(13(2)24-20-12)11-19-16(17-4)18-5-6-21-7-9-22(10-8-21)14(3)23/h5-11H2,1-4H3,(H2,17,18,19). The Hall–Kier alpha value is -2.09. The van der Waals surface area contributed by atoms with Crippen molar-refractivity contribution in [2.24, 2.45) is 4.99 Å². The molecule has 0 radical (unpaired) electrons. The predicted molar refractivity (Wildman–Crippen MR) is 92.9 cm³/mol. The van der Waals surface area contributed by atoms with Crippen LogP contribution in [0.2, 0.25) is 0 Å². The van der Waals surface area contributed by atoms with E-state index in [1.807, 2.05) is 18.7 Å². The number of carbonyl (C=O) groups is 1. The monoisotopic (exact) mass is 336 g/mol. The molecule has 24 heavy (non-hydrogen) atoms. The van der Waals surface area contributed by atoms with E-state index < -0.39 is 0 Å². The summed E-state index contributed by atoms with van der Waals surface area (Å²) < 4.78 is 5.16. The van der Waals surface area contributed by atoms with Crippen LogP contribution in [0.1, 0.15) is 23.9 Å². The molecule has 0 bridgehead atoms. The lowest BCUT2D eigenvalue weighted by atomic mass is 10.2. The SMILES string of the molecule is CN=C(NCCN1CCN(C(C)=O)CC1)NCc1c(C)noc1C. The van der Waals surface area contributed by atoms with Gasteiger partial charge in [-0.25, -0.2) is 0 Å². The van der Waals surface area contributed by atoms with Crippen molar-refractivity contribution in [3.05, 3.63) is 17.0 Å². The third-order valence-electron chi connectivity index (χ3n) is 4.38. The van der Waals surface area contributed by atoms with Gasteiger partial charge >= 0.3 is 0 Å². The van der Waals surface area contributed by atoms with Crippen LogP contribution in [0.4, 0.5) is 0 Å². The Morgan fingerprint density at radius 3 is 2.50 bits per heavy atom. The second-order valence-electron chi connectivity index (χ2n) is 6.00. The minimum atomic E-state index is 0.164. The topological polar surface area (TPSA) is 86.0 Å². The molecule has 2 rings (SSSR count). The highest BCUT2D eigenvalue weighted by Gasteiger charge is 2.18. The first kappa shape index (κ1) is 18.3. The molecule has 0 aliphatic carbocycles. The van der Waals surface area contributed by atoms with Gasteiger partial charge in [-0.2, -0.15) is 0 Å². The summed E-state index contributed by atoms with van der Waals surface area (Å²) in [6.45, 7) is 11.3. The first-order valence-corrected chi connectivity index (χ1v) is 8.35. The fourth-order valence-corrected chi connectivity index (χ4v) is 2.77. The molecule has 0 atom stereocenters. The molecule has 0 unspecified atom stereocenters.